The third-order valence-corrected chi connectivity index (χ3v) is 4.12. The highest BCUT2D eigenvalue weighted by molar-refractivity contribution is 7.86. The first kappa shape index (κ1) is 12.0. The molecule has 0 fully saturated rings. The average molecular weight is 251 g/mol. The van der Waals surface area contributed by atoms with Gasteiger partial charge < -0.3 is 4.90 Å². The molecule has 0 N–H and O–H groups in total. The Hall–Kier alpha value is -1.49. The number of hydrogen-bond acceptors (Lipinski definition) is 3. The van der Waals surface area contributed by atoms with Crippen molar-refractivity contribution in [1.29, 1.82) is 0 Å². The number of Topliss-reactive ketones (excluding diaryl/α,β-unsaturated/α-hetero) is 1. The SMILES string of the molecule is CCN1C(=O)CS(=O)c2ccc(C(C)=O)cc21. The van der Waals surface area contributed by atoms with E-state index in [4.69, 9.17) is 0 Å². The molecule has 0 spiro atoms. The smallest absolute Gasteiger partial charge is 0.240 e. The van der Waals surface area contributed by atoms with Crippen molar-refractivity contribution < 1.29 is 13.8 Å². The molecule has 4 nitrogen and oxygen atoms in total. The maximum Gasteiger partial charge on any atom is 0.240 e. The number of ketones is 1. The van der Waals surface area contributed by atoms with Gasteiger partial charge in [-0.05, 0) is 26.0 Å². The maximum absolute atomic E-state index is 11.8. The van der Waals surface area contributed by atoms with Gasteiger partial charge in [-0.2, -0.15) is 0 Å². The molecule has 0 aliphatic carbocycles. The molecule has 5 heteroatoms. The van der Waals surface area contributed by atoms with Crippen LogP contribution in [0.5, 0.6) is 0 Å². The molecule has 0 saturated heterocycles. The first-order chi connectivity index (χ1) is 8.04. The van der Waals surface area contributed by atoms with Gasteiger partial charge in [0.25, 0.3) is 0 Å². The summed E-state index contributed by atoms with van der Waals surface area (Å²) in [5, 5.41) is 0. The van der Waals surface area contributed by atoms with Crippen LogP contribution in [0.15, 0.2) is 23.1 Å². The van der Waals surface area contributed by atoms with Gasteiger partial charge in [0.15, 0.2) is 5.78 Å². The Balaban J connectivity index is 2.59. The number of amides is 1. The molecule has 0 radical (unpaired) electrons. The molecule has 1 aromatic rings. The van der Waals surface area contributed by atoms with Crippen LogP contribution in [-0.2, 0) is 15.6 Å². The van der Waals surface area contributed by atoms with Gasteiger partial charge in [-0.3, -0.25) is 13.8 Å². The number of benzene rings is 1. The first-order valence-electron chi connectivity index (χ1n) is 5.38. The van der Waals surface area contributed by atoms with E-state index in [9.17, 15) is 13.8 Å². The number of hydrogen-bond donors (Lipinski definition) is 0. The van der Waals surface area contributed by atoms with E-state index < -0.39 is 10.8 Å². The molecule has 1 atom stereocenters. The minimum absolute atomic E-state index is 0.0280. The van der Waals surface area contributed by atoms with E-state index in [0.717, 1.165) is 0 Å². The van der Waals surface area contributed by atoms with Crippen molar-refractivity contribution in [1.82, 2.24) is 0 Å². The molecule has 0 aromatic heterocycles. The van der Waals surface area contributed by atoms with Crippen molar-refractivity contribution in [3.8, 4) is 0 Å². The Morgan fingerprint density at radius 2 is 2.18 bits per heavy atom. The maximum atomic E-state index is 11.8. The largest absolute Gasteiger partial charge is 0.311 e. The van der Waals surface area contributed by atoms with E-state index in [2.05, 4.69) is 0 Å². The lowest BCUT2D eigenvalue weighted by atomic mass is 10.1. The highest BCUT2D eigenvalue weighted by atomic mass is 32.2. The van der Waals surface area contributed by atoms with Crippen LogP contribution in [0.3, 0.4) is 0 Å². The van der Waals surface area contributed by atoms with E-state index in [1.165, 1.54) is 6.92 Å². The predicted octanol–water partition coefficient (Wildman–Crippen LogP) is 1.36. The van der Waals surface area contributed by atoms with Crippen LogP contribution in [-0.4, -0.2) is 28.2 Å². The van der Waals surface area contributed by atoms with E-state index in [-0.39, 0.29) is 17.4 Å². The number of fused-ring (bicyclic) bond motifs is 1. The third kappa shape index (κ3) is 2.02. The van der Waals surface area contributed by atoms with E-state index >= 15 is 0 Å². The van der Waals surface area contributed by atoms with Crippen LogP contribution in [0.1, 0.15) is 24.2 Å². The highest BCUT2D eigenvalue weighted by Gasteiger charge is 2.28. The van der Waals surface area contributed by atoms with Crippen LogP contribution in [0.2, 0.25) is 0 Å². The summed E-state index contributed by atoms with van der Waals surface area (Å²) < 4.78 is 11.8. The van der Waals surface area contributed by atoms with E-state index in [0.29, 0.717) is 22.7 Å². The molecule has 0 saturated carbocycles. The lowest BCUT2D eigenvalue weighted by Gasteiger charge is -2.28. The van der Waals surface area contributed by atoms with E-state index in [1.807, 2.05) is 6.92 Å². The number of nitrogens with zero attached hydrogens (tertiary/aromatic N) is 1. The normalized spacial score (nSPS) is 19.1. The Morgan fingerprint density at radius 3 is 2.76 bits per heavy atom. The molecule has 1 aliphatic rings. The van der Waals surface area contributed by atoms with Crippen LogP contribution in [0, 0.1) is 0 Å². The predicted molar refractivity (Wildman–Crippen MR) is 65.7 cm³/mol. The zero-order valence-electron chi connectivity index (χ0n) is 9.73. The second-order valence-electron chi connectivity index (χ2n) is 3.87. The van der Waals surface area contributed by atoms with Crippen LogP contribution in [0.4, 0.5) is 5.69 Å². The fourth-order valence-corrected chi connectivity index (χ4v) is 3.05. The van der Waals surface area contributed by atoms with Crippen molar-refractivity contribution in [2.24, 2.45) is 0 Å². The minimum Gasteiger partial charge on any atom is -0.311 e. The second-order valence-corrected chi connectivity index (χ2v) is 5.29. The summed E-state index contributed by atoms with van der Waals surface area (Å²) in [5.41, 5.74) is 1.14. The van der Waals surface area contributed by atoms with Crippen molar-refractivity contribution in [2.45, 2.75) is 18.7 Å². The average Bonchev–Trinajstić information content (AvgIpc) is 2.28. The monoisotopic (exact) mass is 251 g/mol. The van der Waals surface area contributed by atoms with Gasteiger partial charge >= 0.3 is 0 Å². The second kappa shape index (κ2) is 4.41. The number of carbonyl (C=O) groups excluding carboxylic acids is 2. The van der Waals surface area contributed by atoms with Gasteiger partial charge in [0.2, 0.25) is 5.91 Å². The Labute approximate surface area is 102 Å². The lowest BCUT2D eigenvalue weighted by molar-refractivity contribution is -0.116. The molecule has 2 rings (SSSR count). The third-order valence-electron chi connectivity index (χ3n) is 2.77. The number of anilines is 1. The van der Waals surface area contributed by atoms with Crippen LogP contribution in [0.25, 0.3) is 0 Å². The zero-order valence-corrected chi connectivity index (χ0v) is 10.5. The molecule has 1 heterocycles. The van der Waals surface area contributed by atoms with Gasteiger partial charge in [-0.25, -0.2) is 0 Å². The van der Waals surface area contributed by atoms with Crippen molar-refractivity contribution in [3.63, 3.8) is 0 Å². The van der Waals surface area contributed by atoms with E-state index in [1.54, 1.807) is 23.1 Å². The summed E-state index contributed by atoms with van der Waals surface area (Å²) in [6.45, 7) is 3.85. The summed E-state index contributed by atoms with van der Waals surface area (Å²) in [6.07, 6.45) is 0. The van der Waals surface area contributed by atoms with Crippen molar-refractivity contribution >= 4 is 28.2 Å². The minimum atomic E-state index is -1.29. The quantitative estimate of drug-likeness (QED) is 0.746. The van der Waals surface area contributed by atoms with Gasteiger partial charge in [0, 0.05) is 12.1 Å². The Bertz CT molecular complexity index is 524. The fourth-order valence-electron chi connectivity index (χ4n) is 1.89. The molecule has 1 aliphatic heterocycles. The number of rotatable bonds is 2. The molecule has 1 unspecified atom stereocenters. The summed E-state index contributed by atoms with van der Waals surface area (Å²) in [5.74, 6) is -0.188. The van der Waals surface area contributed by atoms with Crippen molar-refractivity contribution in [2.75, 3.05) is 17.2 Å². The molecule has 1 aromatic carbocycles. The molecule has 90 valence electrons. The lowest BCUT2D eigenvalue weighted by Crippen LogP contribution is -2.38. The molecular weight excluding hydrogens is 238 g/mol. The van der Waals surface area contributed by atoms with Gasteiger partial charge in [0.1, 0.15) is 5.75 Å². The Morgan fingerprint density at radius 1 is 1.47 bits per heavy atom. The van der Waals surface area contributed by atoms with Crippen LogP contribution >= 0.6 is 0 Å². The summed E-state index contributed by atoms with van der Waals surface area (Å²) in [4.78, 5) is 25.2. The van der Waals surface area contributed by atoms with Gasteiger partial charge in [0.05, 0.1) is 21.4 Å². The highest BCUT2D eigenvalue weighted by Crippen LogP contribution is 2.29. The first-order valence-corrected chi connectivity index (χ1v) is 6.70. The summed E-state index contributed by atoms with van der Waals surface area (Å²) in [7, 11) is -1.29. The molecule has 17 heavy (non-hydrogen) atoms. The zero-order chi connectivity index (χ0) is 12.6. The van der Waals surface area contributed by atoms with Crippen LogP contribution < -0.4 is 4.90 Å². The fraction of sp³-hybridized carbons (Fsp3) is 0.333. The van der Waals surface area contributed by atoms with Gasteiger partial charge in [-0.15, -0.1) is 0 Å². The van der Waals surface area contributed by atoms with Gasteiger partial charge in [-0.1, -0.05) is 6.07 Å². The standard InChI is InChI=1S/C12H13NO3S/c1-3-13-10-6-9(8(2)14)4-5-11(10)17(16)7-12(13)15/h4-6H,3,7H2,1-2H3. The summed E-state index contributed by atoms with van der Waals surface area (Å²) in [6, 6.07) is 4.98. The Kier molecular flexibility index (Phi) is 3.11. The molecular formula is C12H13NO3S. The number of carbonyl (C=O) groups is 2. The molecule has 0 bridgehead atoms. The topological polar surface area (TPSA) is 54.5 Å². The van der Waals surface area contributed by atoms with Crippen molar-refractivity contribution in [3.05, 3.63) is 23.8 Å². The summed E-state index contributed by atoms with van der Waals surface area (Å²) >= 11 is 0. The molecule has 1 amide bonds.